The number of nitrogens with zero attached hydrogens (tertiary/aromatic N) is 1. The van der Waals surface area contributed by atoms with Crippen molar-refractivity contribution < 1.29 is 9.47 Å². The van der Waals surface area contributed by atoms with E-state index in [4.69, 9.17) is 9.47 Å². The second-order valence-electron chi connectivity index (χ2n) is 6.34. The largest absolute Gasteiger partial charge is 0.381 e. The van der Waals surface area contributed by atoms with Gasteiger partial charge in [-0.25, -0.2) is 0 Å². The van der Waals surface area contributed by atoms with E-state index in [2.05, 4.69) is 17.1 Å². The van der Waals surface area contributed by atoms with Gasteiger partial charge >= 0.3 is 0 Å². The maximum atomic E-state index is 6.17. The van der Waals surface area contributed by atoms with Crippen LogP contribution in [0.5, 0.6) is 0 Å². The highest BCUT2D eigenvalue weighted by atomic mass is 16.5. The standard InChI is InChI=1S/C15H28N2O2/c1-2-6-17(14-11-16-12-14)13-3-7-19-15(10-13)4-8-18-9-5-15/h13-14,16H,2-12H2,1H3. The molecule has 0 aromatic carbocycles. The summed E-state index contributed by atoms with van der Waals surface area (Å²) in [6, 6.07) is 1.49. The van der Waals surface area contributed by atoms with Gasteiger partial charge in [-0.1, -0.05) is 6.92 Å². The lowest BCUT2D eigenvalue weighted by atomic mass is 9.83. The van der Waals surface area contributed by atoms with Gasteiger partial charge in [-0.3, -0.25) is 4.90 Å². The van der Waals surface area contributed by atoms with E-state index < -0.39 is 0 Å². The highest BCUT2D eigenvalue weighted by molar-refractivity contribution is 4.96. The third kappa shape index (κ3) is 2.97. The van der Waals surface area contributed by atoms with E-state index in [1.807, 2.05) is 0 Å². The molecule has 4 nitrogen and oxygen atoms in total. The Morgan fingerprint density at radius 3 is 2.58 bits per heavy atom. The minimum absolute atomic E-state index is 0.129. The van der Waals surface area contributed by atoms with E-state index in [-0.39, 0.29) is 5.60 Å². The second kappa shape index (κ2) is 6.08. The Labute approximate surface area is 116 Å². The van der Waals surface area contributed by atoms with Gasteiger partial charge in [0.2, 0.25) is 0 Å². The Kier molecular flexibility index (Phi) is 4.42. The van der Waals surface area contributed by atoms with E-state index in [0.717, 1.165) is 44.7 Å². The molecular weight excluding hydrogens is 240 g/mol. The first kappa shape index (κ1) is 13.8. The van der Waals surface area contributed by atoms with E-state index in [0.29, 0.717) is 0 Å². The average Bonchev–Trinajstić information content (AvgIpc) is 2.37. The summed E-state index contributed by atoms with van der Waals surface area (Å²) in [7, 11) is 0. The predicted molar refractivity (Wildman–Crippen MR) is 75.4 cm³/mol. The first-order chi connectivity index (χ1) is 9.33. The summed E-state index contributed by atoms with van der Waals surface area (Å²) < 4.78 is 11.7. The first-order valence-electron chi connectivity index (χ1n) is 8.01. The minimum atomic E-state index is 0.129. The fraction of sp³-hybridized carbons (Fsp3) is 1.00. The van der Waals surface area contributed by atoms with Gasteiger partial charge in [0.15, 0.2) is 0 Å². The molecule has 1 N–H and O–H groups in total. The molecular formula is C15H28N2O2. The zero-order valence-electron chi connectivity index (χ0n) is 12.2. The molecule has 3 heterocycles. The Morgan fingerprint density at radius 2 is 1.95 bits per heavy atom. The molecule has 3 rings (SSSR count). The van der Waals surface area contributed by atoms with Crippen molar-refractivity contribution in [3.05, 3.63) is 0 Å². The Morgan fingerprint density at radius 1 is 1.16 bits per heavy atom. The lowest BCUT2D eigenvalue weighted by molar-refractivity contribution is -0.155. The molecule has 0 saturated carbocycles. The maximum Gasteiger partial charge on any atom is 0.0741 e. The molecule has 4 heteroatoms. The van der Waals surface area contributed by atoms with Gasteiger partial charge < -0.3 is 14.8 Å². The SMILES string of the molecule is CCCN(C1CNC1)C1CCOC2(CCOCC2)C1. The molecule has 3 aliphatic rings. The maximum absolute atomic E-state index is 6.17. The van der Waals surface area contributed by atoms with E-state index in [9.17, 15) is 0 Å². The highest BCUT2D eigenvalue weighted by Gasteiger charge is 2.42. The summed E-state index contributed by atoms with van der Waals surface area (Å²) in [4.78, 5) is 2.76. The summed E-state index contributed by atoms with van der Waals surface area (Å²) in [5.41, 5.74) is 0.129. The van der Waals surface area contributed by atoms with Crippen LogP contribution in [-0.2, 0) is 9.47 Å². The molecule has 0 aromatic heterocycles. The lowest BCUT2D eigenvalue weighted by Crippen LogP contribution is -2.62. The topological polar surface area (TPSA) is 33.7 Å². The normalized spacial score (nSPS) is 31.6. The summed E-state index contributed by atoms with van der Waals surface area (Å²) >= 11 is 0. The zero-order chi connectivity index (χ0) is 13.1. The van der Waals surface area contributed by atoms with Crippen LogP contribution in [0.15, 0.2) is 0 Å². The summed E-state index contributed by atoms with van der Waals surface area (Å²) in [5.74, 6) is 0. The van der Waals surface area contributed by atoms with Crippen molar-refractivity contribution in [1.82, 2.24) is 10.2 Å². The van der Waals surface area contributed by atoms with Crippen molar-refractivity contribution in [1.29, 1.82) is 0 Å². The third-order valence-electron chi connectivity index (χ3n) is 5.05. The van der Waals surface area contributed by atoms with Crippen LogP contribution in [0.3, 0.4) is 0 Å². The molecule has 110 valence electrons. The van der Waals surface area contributed by atoms with Gasteiger partial charge in [0.25, 0.3) is 0 Å². The number of ether oxygens (including phenoxy) is 2. The summed E-state index contributed by atoms with van der Waals surface area (Å²) in [6.07, 6.45) is 5.86. The molecule has 3 fully saturated rings. The van der Waals surface area contributed by atoms with Gasteiger partial charge in [-0.05, 0) is 38.6 Å². The minimum Gasteiger partial charge on any atom is -0.381 e. The van der Waals surface area contributed by atoms with Crippen molar-refractivity contribution in [2.75, 3.05) is 39.5 Å². The summed E-state index contributed by atoms with van der Waals surface area (Å²) in [5, 5.41) is 3.42. The fourth-order valence-electron chi connectivity index (χ4n) is 3.81. The van der Waals surface area contributed by atoms with Crippen molar-refractivity contribution in [3.63, 3.8) is 0 Å². The number of nitrogens with one attached hydrogen (secondary N) is 1. The fourth-order valence-corrected chi connectivity index (χ4v) is 3.81. The molecule has 1 spiro atoms. The molecule has 0 amide bonds. The Bertz CT molecular complexity index is 282. The van der Waals surface area contributed by atoms with E-state index in [1.54, 1.807) is 0 Å². The van der Waals surface area contributed by atoms with Crippen molar-refractivity contribution in [2.45, 2.75) is 56.7 Å². The average molecular weight is 268 g/mol. The number of rotatable bonds is 4. The van der Waals surface area contributed by atoms with Crippen LogP contribution in [0.1, 0.15) is 39.0 Å². The van der Waals surface area contributed by atoms with Crippen LogP contribution in [-0.4, -0.2) is 62.0 Å². The molecule has 0 bridgehead atoms. The Balaban J connectivity index is 1.64. The van der Waals surface area contributed by atoms with E-state index in [1.165, 1.54) is 38.9 Å². The monoisotopic (exact) mass is 268 g/mol. The van der Waals surface area contributed by atoms with Crippen molar-refractivity contribution in [2.24, 2.45) is 0 Å². The third-order valence-corrected chi connectivity index (χ3v) is 5.05. The number of hydrogen-bond acceptors (Lipinski definition) is 4. The Hall–Kier alpha value is -0.160. The summed E-state index contributed by atoms with van der Waals surface area (Å²) in [6.45, 7) is 8.58. The van der Waals surface area contributed by atoms with E-state index >= 15 is 0 Å². The van der Waals surface area contributed by atoms with Gasteiger partial charge in [-0.2, -0.15) is 0 Å². The van der Waals surface area contributed by atoms with Crippen LogP contribution >= 0.6 is 0 Å². The van der Waals surface area contributed by atoms with Gasteiger partial charge in [0.1, 0.15) is 0 Å². The molecule has 3 saturated heterocycles. The van der Waals surface area contributed by atoms with Crippen molar-refractivity contribution >= 4 is 0 Å². The quantitative estimate of drug-likeness (QED) is 0.835. The molecule has 0 aliphatic carbocycles. The van der Waals surface area contributed by atoms with Crippen LogP contribution < -0.4 is 5.32 Å². The van der Waals surface area contributed by atoms with Gasteiger partial charge in [-0.15, -0.1) is 0 Å². The predicted octanol–water partition coefficient (Wildman–Crippen LogP) is 1.40. The molecule has 19 heavy (non-hydrogen) atoms. The molecule has 3 aliphatic heterocycles. The lowest BCUT2D eigenvalue weighted by Gasteiger charge is -2.50. The van der Waals surface area contributed by atoms with Crippen LogP contribution in [0, 0.1) is 0 Å². The second-order valence-corrected chi connectivity index (χ2v) is 6.34. The van der Waals surface area contributed by atoms with Gasteiger partial charge in [0.05, 0.1) is 5.60 Å². The highest BCUT2D eigenvalue weighted by Crippen LogP contribution is 2.36. The molecule has 1 atom stereocenters. The molecule has 1 unspecified atom stereocenters. The van der Waals surface area contributed by atoms with Crippen LogP contribution in [0.4, 0.5) is 0 Å². The first-order valence-corrected chi connectivity index (χ1v) is 8.01. The number of hydrogen-bond donors (Lipinski definition) is 1. The van der Waals surface area contributed by atoms with Crippen molar-refractivity contribution in [3.8, 4) is 0 Å². The molecule has 0 aromatic rings. The smallest absolute Gasteiger partial charge is 0.0741 e. The molecule has 0 radical (unpaired) electrons. The van der Waals surface area contributed by atoms with Gasteiger partial charge in [0, 0.05) is 45.0 Å². The van der Waals surface area contributed by atoms with Crippen LogP contribution in [0.25, 0.3) is 0 Å². The van der Waals surface area contributed by atoms with Crippen LogP contribution in [0.2, 0.25) is 0 Å². The zero-order valence-corrected chi connectivity index (χ0v) is 12.2.